The van der Waals surface area contributed by atoms with Gasteiger partial charge in [0, 0.05) is 18.1 Å². The first-order chi connectivity index (χ1) is 12.8. The van der Waals surface area contributed by atoms with Crippen molar-refractivity contribution < 1.29 is 18.2 Å². The molecule has 0 saturated carbocycles. The summed E-state index contributed by atoms with van der Waals surface area (Å²) in [5.74, 6) is 0. The second-order valence-electron chi connectivity index (χ2n) is 6.45. The van der Waals surface area contributed by atoms with Crippen LogP contribution in [0, 0.1) is 0 Å². The zero-order valence-corrected chi connectivity index (χ0v) is 16.3. The lowest BCUT2D eigenvalue weighted by Crippen LogP contribution is -2.45. The number of rotatable bonds is 3. The monoisotopic (exact) mass is 427 g/mol. The van der Waals surface area contributed by atoms with Crippen LogP contribution in [0.2, 0.25) is 10.0 Å². The lowest BCUT2D eigenvalue weighted by molar-refractivity contribution is -0.00959. The third-order valence-corrected chi connectivity index (χ3v) is 7.37. The van der Waals surface area contributed by atoms with Crippen LogP contribution in [0.4, 0.5) is 0 Å². The fourth-order valence-electron chi connectivity index (χ4n) is 3.31. The molecule has 1 saturated heterocycles. The largest absolute Gasteiger partial charge is 0.385 e. The molecule has 2 heterocycles. The SMILES string of the molecule is O=S(=O)(c1ccc(Cl)c2nonc12)N1CCC(O)(c2ccc(Cl)cc2)CC1. The maximum Gasteiger partial charge on any atom is 0.245 e. The van der Waals surface area contributed by atoms with Crippen molar-refractivity contribution in [3.63, 3.8) is 0 Å². The maximum atomic E-state index is 13.1. The topological polar surface area (TPSA) is 96.5 Å². The van der Waals surface area contributed by atoms with E-state index in [2.05, 4.69) is 14.9 Å². The van der Waals surface area contributed by atoms with Gasteiger partial charge in [-0.15, -0.1) is 0 Å². The number of hydrogen-bond donors (Lipinski definition) is 1. The van der Waals surface area contributed by atoms with Crippen molar-refractivity contribution in [1.29, 1.82) is 0 Å². The first kappa shape index (κ1) is 18.6. The molecule has 1 aliphatic rings. The highest BCUT2D eigenvalue weighted by atomic mass is 35.5. The molecule has 1 aliphatic heterocycles. The number of benzene rings is 2. The van der Waals surface area contributed by atoms with Gasteiger partial charge in [0.2, 0.25) is 10.0 Å². The number of piperidine rings is 1. The van der Waals surface area contributed by atoms with Crippen LogP contribution < -0.4 is 0 Å². The molecule has 0 bridgehead atoms. The molecular weight excluding hydrogens is 413 g/mol. The van der Waals surface area contributed by atoms with Crippen molar-refractivity contribution in [3.05, 3.63) is 52.0 Å². The summed E-state index contributed by atoms with van der Waals surface area (Å²) >= 11 is 11.9. The molecule has 2 aromatic carbocycles. The predicted octanol–water partition coefficient (Wildman–Crippen LogP) is 3.20. The van der Waals surface area contributed by atoms with Gasteiger partial charge in [0.25, 0.3) is 0 Å². The molecule has 0 aliphatic carbocycles. The summed E-state index contributed by atoms with van der Waals surface area (Å²) < 4.78 is 32.1. The Bertz CT molecular complexity index is 1090. The fourth-order valence-corrected chi connectivity index (χ4v) is 5.18. The van der Waals surface area contributed by atoms with E-state index in [0.29, 0.717) is 5.02 Å². The summed E-state index contributed by atoms with van der Waals surface area (Å²) in [6.45, 7) is 0.327. The molecule has 0 spiro atoms. The Kier molecular flexibility index (Phi) is 4.64. The molecule has 3 aromatic rings. The van der Waals surface area contributed by atoms with E-state index < -0.39 is 15.6 Å². The molecule has 1 aromatic heterocycles. The Balaban J connectivity index is 1.61. The molecular formula is C17H15Cl2N3O4S. The van der Waals surface area contributed by atoms with E-state index in [4.69, 9.17) is 23.2 Å². The fraction of sp³-hybridized carbons (Fsp3) is 0.294. The Morgan fingerprint density at radius 2 is 1.63 bits per heavy atom. The molecule has 10 heteroatoms. The van der Waals surface area contributed by atoms with Crippen LogP contribution in [0.25, 0.3) is 11.0 Å². The van der Waals surface area contributed by atoms with Gasteiger partial charge in [0.15, 0.2) is 11.0 Å². The normalized spacial score (nSPS) is 18.0. The number of hydrogen-bond acceptors (Lipinski definition) is 6. The highest BCUT2D eigenvalue weighted by molar-refractivity contribution is 7.89. The van der Waals surface area contributed by atoms with E-state index in [1.807, 2.05) is 0 Å². The molecule has 142 valence electrons. The Morgan fingerprint density at radius 1 is 1.00 bits per heavy atom. The first-order valence-electron chi connectivity index (χ1n) is 8.21. The van der Waals surface area contributed by atoms with Crippen molar-refractivity contribution >= 4 is 44.3 Å². The Labute approximate surface area is 165 Å². The van der Waals surface area contributed by atoms with Gasteiger partial charge in [-0.05, 0) is 53.0 Å². The summed E-state index contributed by atoms with van der Waals surface area (Å²) in [4.78, 5) is -0.0138. The highest BCUT2D eigenvalue weighted by Crippen LogP contribution is 2.36. The van der Waals surface area contributed by atoms with E-state index in [0.717, 1.165) is 5.56 Å². The van der Waals surface area contributed by atoms with E-state index in [1.54, 1.807) is 24.3 Å². The summed E-state index contributed by atoms with van der Waals surface area (Å²) in [7, 11) is -3.83. The Hall–Kier alpha value is -1.71. The molecule has 7 nitrogen and oxygen atoms in total. The molecule has 27 heavy (non-hydrogen) atoms. The van der Waals surface area contributed by atoms with Crippen LogP contribution in [0.1, 0.15) is 18.4 Å². The number of nitrogens with zero attached hydrogens (tertiary/aromatic N) is 3. The van der Waals surface area contributed by atoms with Crippen LogP contribution in [-0.4, -0.2) is 41.2 Å². The van der Waals surface area contributed by atoms with Gasteiger partial charge in [-0.3, -0.25) is 0 Å². The smallest absolute Gasteiger partial charge is 0.245 e. The second-order valence-corrected chi connectivity index (χ2v) is 9.20. The summed E-state index contributed by atoms with van der Waals surface area (Å²) in [6.07, 6.45) is 0.531. The average Bonchev–Trinajstić information content (AvgIpc) is 3.13. The third-order valence-electron chi connectivity index (χ3n) is 4.88. The van der Waals surface area contributed by atoms with Gasteiger partial charge in [-0.1, -0.05) is 35.3 Å². The van der Waals surface area contributed by atoms with E-state index >= 15 is 0 Å². The van der Waals surface area contributed by atoms with Crippen molar-refractivity contribution in [3.8, 4) is 0 Å². The van der Waals surface area contributed by atoms with Gasteiger partial charge in [0.1, 0.15) is 4.90 Å². The van der Waals surface area contributed by atoms with Crippen LogP contribution >= 0.6 is 23.2 Å². The number of halogens is 2. The van der Waals surface area contributed by atoms with E-state index in [1.165, 1.54) is 16.4 Å². The minimum Gasteiger partial charge on any atom is -0.385 e. The molecule has 0 amide bonds. The van der Waals surface area contributed by atoms with Crippen LogP contribution in [0.3, 0.4) is 0 Å². The number of aromatic nitrogens is 2. The maximum absolute atomic E-state index is 13.1. The quantitative estimate of drug-likeness (QED) is 0.688. The van der Waals surface area contributed by atoms with Gasteiger partial charge < -0.3 is 5.11 Å². The van der Waals surface area contributed by atoms with Crippen LogP contribution in [-0.2, 0) is 15.6 Å². The zero-order chi connectivity index (χ0) is 19.2. The number of sulfonamides is 1. The minimum atomic E-state index is -3.83. The standard InChI is InChI=1S/C17H15Cl2N3O4S/c18-12-3-1-11(2-4-12)17(23)7-9-22(10-8-17)27(24,25)14-6-5-13(19)15-16(14)21-26-20-15/h1-6,23H,7-10H2. The zero-order valence-electron chi connectivity index (χ0n) is 14.0. The van der Waals surface area contributed by atoms with Gasteiger partial charge in [-0.2, -0.15) is 4.31 Å². The molecule has 0 radical (unpaired) electrons. The molecule has 1 N–H and O–H groups in total. The molecule has 0 unspecified atom stereocenters. The highest BCUT2D eigenvalue weighted by Gasteiger charge is 2.39. The minimum absolute atomic E-state index is 0.0138. The average molecular weight is 428 g/mol. The number of aliphatic hydroxyl groups is 1. The van der Waals surface area contributed by atoms with Crippen LogP contribution in [0.15, 0.2) is 45.9 Å². The third kappa shape index (κ3) is 3.21. The van der Waals surface area contributed by atoms with Gasteiger partial charge >= 0.3 is 0 Å². The summed E-state index contributed by atoms with van der Waals surface area (Å²) in [5.41, 5.74) is -0.0755. The Morgan fingerprint density at radius 3 is 2.30 bits per heavy atom. The van der Waals surface area contributed by atoms with Crippen molar-refractivity contribution in [2.75, 3.05) is 13.1 Å². The van der Waals surface area contributed by atoms with Crippen molar-refractivity contribution in [1.82, 2.24) is 14.6 Å². The van der Waals surface area contributed by atoms with E-state index in [9.17, 15) is 13.5 Å². The molecule has 1 fully saturated rings. The first-order valence-corrected chi connectivity index (χ1v) is 10.4. The van der Waals surface area contributed by atoms with Gasteiger partial charge in [-0.25, -0.2) is 13.0 Å². The van der Waals surface area contributed by atoms with Crippen molar-refractivity contribution in [2.24, 2.45) is 0 Å². The van der Waals surface area contributed by atoms with E-state index in [-0.39, 0.29) is 46.9 Å². The summed E-state index contributed by atoms with van der Waals surface area (Å²) in [5, 5.41) is 19.1. The lowest BCUT2D eigenvalue weighted by atomic mass is 9.85. The molecule has 4 rings (SSSR count). The second kappa shape index (κ2) is 6.72. The summed E-state index contributed by atoms with van der Waals surface area (Å²) in [6, 6.07) is 9.78. The van der Waals surface area contributed by atoms with Gasteiger partial charge in [0.05, 0.1) is 10.6 Å². The lowest BCUT2D eigenvalue weighted by Gasteiger charge is -2.37. The number of fused-ring (bicyclic) bond motifs is 1. The van der Waals surface area contributed by atoms with Crippen molar-refractivity contribution in [2.45, 2.75) is 23.3 Å². The predicted molar refractivity (Wildman–Crippen MR) is 100 cm³/mol. The molecule has 0 atom stereocenters. The van der Waals surface area contributed by atoms with Crippen LogP contribution in [0.5, 0.6) is 0 Å².